The number of ether oxygens (including phenoxy) is 1. The van der Waals surface area contributed by atoms with Crippen LogP contribution < -0.4 is 11.1 Å². The summed E-state index contributed by atoms with van der Waals surface area (Å²) in [6, 6.07) is 5.64. The molecule has 5 heteroatoms. The van der Waals surface area contributed by atoms with E-state index < -0.39 is 0 Å². The Kier molecular flexibility index (Phi) is 4.63. The first-order valence-electron chi connectivity index (χ1n) is 6.72. The van der Waals surface area contributed by atoms with Crippen molar-refractivity contribution >= 4 is 22.7 Å². The fourth-order valence-corrected chi connectivity index (χ4v) is 1.77. The van der Waals surface area contributed by atoms with Crippen LogP contribution in [0.1, 0.15) is 20.3 Å². The van der Waals surface area contributed by atoms with Crippen molar-refractivity contribution in [3.05, 3.63) is 18.2 Å². The number of nitrogen functional groups attached to an aromatic ring is 1. The summed E-state index contributed by atoms with van der Waals surface area (Å²) in [4.78, 5) is 7.61. The summed E-state index contributed by atoms with van der Waals surface area (Å²) in [6.45, 7) is 6.64. The molecule has 0 unspecified atom stereocenters. The van der Waals surface area contributed by atoms with Gasteiger partial charge in [0.05, 0.1) is 17.6 Å². The van der Waals surface area contributed by atoms with Crippen molar-refractivity contribution in [2.75, 3.05) is 30.8 Å². The molecule has 0 atom stereocenters. The van der Waals surface area contributed by atoms with Gasteiger partial charge in [-0.2, -0.15) is 0 Å². The van der Waals surface area contributed by atoms with Crippen LogP contribution in [0.3, 0.4) is 0 Å². The lowest BCUT2D eigenvalue weighted by atomic mass is 10.1. The summed E-state index contributed by atoms with van der Waals surface area (Å²) in [5, 5.41) is 3.21. The van der Waals surface area contributed by atoms with Crippen LogP contribution in [0.5, 0.6) is 0 Å². The Morgan fingerprint density at radius 1 is 1.37 bits per heavy atom. The highest BCUT2D eigenvalue weighted by molar-refractivity contribution is 5.80. The van der Waals surface area contributed by atoms with Crippen molar-refractivity contribution in [1.29, 1.82) is 0 Å². The molecule has 1 aromatic heterocycles. The lowest BCUT2D eigenvalue weighted by Gasteiger charge is -2.06. The minimum atomic E-state index is 0.686. The summed E-state index contributed by atoms with van der Waals surface area (Å²) >= 11 is 0. The molecule has 0 aliphatic rings. The van der Waals surface area contributed by atoms with E-state index in [9.17, 15) is 0 Å². The zero-order valence-corrected chi connectivity index (χ0v) is 11.6. The van der Waals surface area contributed by atoms with Gasteiger partial charge in [-0.05, 0) is 30.5 Å². The molecule has 0 saturated heterocycles. The maximum Gasteiger partial charge on any atom is 0.201 e. The molecule has 4 N–H and O–H groups in total. The maximum atomic E-state index is 5.72. The molecule has 0 bridgehead atoms. The highest BCUT2D eigenvalue weighted by Gasteiger charge is 2.02. The number of nitrogens with zero attached hydrogens (tertiary/aromatic N) is 1. The van der Waals surface area contributed by atoms with E-state index in [2.05, 4.69) is 29.1 Å². The summed E-state index contributed by atoms with van der Waals surface area (Å²) in [5.74, 6) is 1.45. The van der Waals surface area contributed by atoms with Crippen LogP contribution in [-0.2, 0) is 4.74 Å². The molecule has 0 aliphatic heterocycles. The predicted molar refractivity (Wildman–Crippen MR) is 79.3 cm³/mol. The summed E-state index contributed by atoms with van der Waals surface area (Å²) in [5.41, 5.74) is 8.32. The van der Waals surface area contributed by atoms with E-state index in [1.807, 2.05) is 18.2 Å². The van der Waals surface area contributed by atoms with Gasteiger partial charge in [-0.25, -0.2) is 4.98 Å². The average Bonchev–Trinajstić information content (AvgIpc) is 2.75. The summed E-state index contributed by atoms with van der Waals surface area (Å²) in [6.07, 6.45) is 1.10. The summed E-state index contributed by atoms with van der Waals surface area (Å²) < 4.78 is 5.54. The molecule has 0 fully saturated rings. The molecular formula is C14H22N4O. The minimum Gasteiger partial charge on any atom is -0.399 e. The number of aromatic amines is 1. The molecule has 0 radical (unpaired) electrons. The van der Waals surface area contributed by atoms with Gasteiger partial charge >= 0.3 is 0 Å². The van der Waals surface area contributed by atoms with Crippen LogP contribution in [0.2, 0.25) is 0 Å². The van der Waals surface area contributed by atoms with Gasteiger partial charge in [0.25, 0.3) is 0 Å². The van der Waals surface area contributed by atoms with Gasteiger partial charge in [-0.15, -0.1) is 0 Å². The number of fused-ring (bicyclic) bond motifs is 1. The third kappa shape index (κ3) is 4.13. The fourth-order valence-electron chi connectivity index (χ4n) is 1.77. The Balaban J connectivity index is 1.75. The van der Waals surface area contributed by atoms with Crippen molar-refractivity contribution < 1.29 is 4.74 Å². The fraction of sp³-hybridized carbons (Fsp3) is 0.500. The lowest BCUT2D eigenvalue weighted by molar-refractivity contribution is 0.132. The number of anilines is 2. The average molecular weight is 262 g/mol. The lowest BCUT2D eigenvalue weighted by Crippen LogP contribution is -2.11. The first kappa shape index (κ1) is 13.7. The molecule has 0 spiro atoms. The first-order chi connectivity index (χ1) is 9.15. The van der Waals surface area contributed by atoms with Crippen molar-refractivity contribution in [3.63, 3.8) is 0 Å². The smallest absolute Gasteiger partial charge is 0.201 e. The molecule has 0 aliphatic carbocycles. The quantitative estimate of drug-likeness (QED) is 0.529. The Morgan fingerprint density at radius 3 is 3.00 bits per heavy atom. The van der Waals surface area contributed by atoms with Gasteiger partial charge in [0.15, 0.2) is 0 Å². The Hall–Kier alpha value is -1.75. The monoisotopic (exact) mass is 262 g/mol. The van der Waals surface area contributed by atoms with E-state index in [4.69, 9.17) is 10.5 Å². The molecule has 0 saturated carbocycles. The molecule has 2 aromatic rings. The third-order valence-electron chi connectivity index (χ3n) is 2.88. The van der Waals surface area contributed by atoms with Gasteiger partial charge in [0.1, 0.15) is 0 Å². The number of benzene rings is 1. The molecule has 1 heterocycles. The molecule has 1 aromatic carbocycles. The largest absolute Gasteiger partial charge is 0.399 e. The van der Waals surface area contributed by atoms with Crippen molar-refractivity contribution in [2.24, 2.45) is 5.92 Å². The van der Waals surface area contributed by atoms with E-state index in [-0.39, 0.29) is 0 Å². The first-order valence-corrected chi connectivity index (χ1v) is 6.72. The molecule has 104 valence electrons. The SMILES string of the molecule is CC(C)CCOCCNc1nc2ccc(N)cc2[nH]1. The van der Waals surface area contributed by atoms with E-state index in [1.54, 1.807) is 0 Å². The van der Waals surface area contributed by atoms with Gasteiger partial charge in [0, 0.05) is 18.8 Å². The van der Waals surface area contributed by atoms with Crippen molar-refractivity contribution in [2.45, 2.75) is 20.3 Å². The van der Waals surface area contributed by atoms with E-state index in [0.717, 1.165) is 42.2 Å². The number of nitrogens with one attached hydrogen (secondary N) is 2. The zero-order valence-electron chi connectivity index (χ0n) is 11.6. The van der Waals surface area contributed by atoms with Gasteiger partial charge in [0.2, 0.25) is 5.95 Å². The number of imidazole rings is 1. The van der Waals surface area contributed by atoms with E-state index >= 15 is 0 Å². The minimum absolute atomic E-state index is 0.686. The highest BCUT2D eigenvalue weighted by atomic mass is 16.5. The van der Waals surface area contributed by atoms with Crippen LogP contribution in [0.4, 0.5) is 11.6 Å². The second-order valence-corrected chi connectivity index (χ2v) is 5.08. The third-order valence-corrected chi connectivity index (χ3v) is 2.88. The molecular weight excluding hydrogens is 240 g/mol. The van der Waals surface area contributed by atoms with Crippen molar-refractivity contribution in [1.82, 2.24) is 9.97 Å². The Labute approximate surface area is 113 Å². The van der Waals surface area contributed by atoms with E-state index in [0.29, 0.717) is 12.5 Å². The number of aromatic nitrogens is 2. The van der Waals surface area contributed by atoms with Gasteiger partial charge in [-0.3, -0.25) is 0 Å². The number of hydrogen-bond acceptors (Lipinski definition) is 4. The predicted octanol–water partition coefficient (Wildman–Crippen LogP) is 2.62. The van der Waals surface area contributed by atoms with Crippen molar-refractivity contribution in [3.8, 4) is 0 Å². The second kappa shape index (κ2) is 6.43. The standard InChI is InChI=1S/C14H22N4O/c1-10(2)5-7-19-8-6-16-14-17-12-4-3-11(15)9-13(12)18-14/h3-4,9-10H,5-8,15H2,1-2H3,(H2,16,17,18). The normalized spacial score (nSPS) is 11.3. The molecule has 19 heavy (non-hydrogen) atoms. The van der Waals surface area contributed by atoms with Crippen LogP contribution in [0, 0.1) is 5.92 Å². The molecule has 0 amide bonds. The van der Waals surface area contributed by atoms with Crippen LogP contribution in [0.15, 0.2) is 18.2 Å². The second-order valence-electron chi connectivity index (χ2n) is 5.08. The Morgan fingerprint density at radius 2 is 2.21 bits per heavy atom. The summed E-state index contributed by atoms with van der Waals surface area (Å²) in [7, 11) is 0. The molecule has 5 nitrogen and oxygen atoms in total. The Bertz CT molecular complexity index is 521. The van der Waals surface area contributed by atoms with Crippen LogP contribution >= 0.6 is 0 Å². The highest BCUT2D eigenvalue weighted by Crippen LogP contribution is 2.16. The maximum absolute atomic E-state index is 5.72. The number of rotatable bonds is 7. The topological polar surface area (TPSA) is 76.0 Å². The van der Waals surface area contributed by atoms with Crippen LogP contribution in [0.25, 0.3) is 11.0 Å². The number of H-pyrrole nitrogens is 1. The van der Waals surface area contributed by atoms with Gasteiger partial charge < -0.3 is 20.8 Å². The van der Waals surface area contributed by atoms with E-state index in [1.165, 1.54) is 0 Å². The van der Waals surface area contributed by atoms with Gasteiger partial charge in [-0.1, -0.05) is 13.8 Å². The van der Waals surface area contributed by atoms with Crippen LogP contribution in [-0.4, -0.2) is 29.7 Å². The zero-order chi connectivity index (χ0) is 13.7. The number of hydrogen-bond donors (Lipinski definition) is 3. The molecule has 2 rings (SSSR count). The number of nitrogens with two attached hydrogens (primary N) is 1.